The molecule has 2 amide bonds. The summed E-state index contributed by atoms with van der Waals surface area (Å²) in [5.41, 5.74) is 3.34. The van der Waals surface area contributed by atoms with Gasteiger partial charge in [0.15, 0.2) is 0 Å². The number of aryl methyl sites for hydroxylation is 1. The highest BCUT2D eigenvalue weighted by atomic mass is 16.5. The van der Waals surface area contributed by atoms with Gasteiger partial charge in [0.05, 0.1) is 30.1 Å². The Bertz CT molecular complexity index is 1030. The number of amides is 2. The summed E-state index contributed by atoms with van der Waals surface area (Å²) in [6.45, 7) is 9.87. The second-order valence-corrected chi connectivity index (χ2v) is 8.72. The summed E-state index contributed by atoms with van der Waals surface area (Å²) >= 11 is 0. The highest BCUT2D eigenvalue weighted by Crippen LogP contribution is 2.36. The van der Waals surface area contributed by atoms with Crippen LogP contribution in [0.4, 0.5) is 5.69 Å². The predicted molar refractivity (Wildman–Crippen MR) is 129 cm³/mol. The Morgan fingerprint density at radius 3 is 2.12 bits per heavy atom. The van der Waals surface area contributed by atoms with Crippen LogP contribution in [0.1, 0.15) is 45.2 Å². The second kappa shape index (κ2) is 9.79. The normalized spacial score (nSPS) is 21.2. The van der Waals surface area contributed by atoms with Crippen LogP contribution in [-0.4, -0.2) is 48.6 Å². The van der Waals surface area contributed by atoms with Crippen molar-refractivity contribution in [2.75, 3.05) is 24.6 Å². The van der Waals surface area contributed by atoms with E-state index in [9.17, 15) is 9.59 Å². The Hall–Kier alpha value is -3.12. The molecule has 2 aliphatic rings. The van der Waals surface area contributed by atoms with Crippen molar-refractivity contribution >= 4 is 23.1 Å². The van der Waals surface area contributed by atoms with Crippen molar-refractivity contribution in [2.45, 2.75) is 52.7 Å². The van der Waals surface area contributed by atoms with Crippen molar-refractivity contribution in [3.8, 4) is 5.75 Å². The van der Waals surface area contributed by atoms with Gasteiger partial charge in [-0.15, -0.1) is 0 Å². The molecule has 2 atom stereocenters. The summed E-state index contributed by atoms with van der Waals surface area (Å²) in [7, 11) is 0. The average Bonchev–Trinajstić information content (AvgIpc) is 3.07. The average molecular weight is 449 g/mol. The van der Waals surface area contributed by atoms with Gasteiger partial charge in [-0.3, -0.25) is 9.59 Å². The number of rotatable bonds is 7. The lowest BCUT2D eigenvalue weighted by atomic mass is 10.0. The van der Waals surface area contributed by atoms with Crippen molar-refractivity contribution in [1.29, 1.82) is 0 Å². The van der Waals surface area contributed by atoms with Crippen molar-refractivity contribution < 1.29 is 19.1 Å². The lowest BCUT2D eigenvalue weighted by Gasteiger charge is -2.37. The van der Waals surface area contributed by atoms with E-state index in [1.165, 1.54) is 4.90 Å². The lowest BCUT2D eigenvalue weighted by molar-refractivity contribution is -0.121. The molecule has 2 aromatic carbocycles. The van der Waals surface area contributed by atoms with Crippen molar-refractivity contribution in [2.24, 2.45) is 0 Å². The molecule has 0 saturated carbocycles. The standard InChI is InChI=1S/C27H32N2O4/c1-5-15-32-23-13-9-21(10-14-23)24-25(28-16-18(3)33-19(4)17-28)27(31)29(26(24)30)22-11-7-20(6-2)8-12-22/h7-14,18-19H,5-6,15-17H2,1-4H3. The molecule has 2 unspecified atom stereocenters. The first-order valence-electron chi connectivity index (χ1n) is 11.8. The number of morpholine rings is 1. The molecule has 0 N–H and O–H groups in total. The van der Waals surface area contributed by atoms with E-state index >= 15 is 0 Å². The molecule has 0 bridgehead atoms. The van der Waals surface area contributed by atoms with Gasteiger partial charge in [0.1, 0.15) is 11.4 Å². The third-order valence-corrected chi connectivity index (χ3v) is 6.01. The van der Waals surface area contributed by atoms with Gasteiger partial charge in [-0.2, -0.15) is 0 Å². The van der Waals surface area contributed by atoms with Crippen molar-refractivity contribution in [3.05, 3.63) is 65.4 Å². The van der Waals surface area contributed by atoms with Gasteiger partial charge in [0.25, 0.3) is 11.8 Å². The molecule has 2 aromatic rings. The van der Waals surface area contributed by atoms with E-state index in [2.05, 4.69) is 13.8 Å². The Balaban J connectivity index is 1.75. The van der Waals surface area contributed by atoms with Gasteiger partial charge in [0, 0.05) is 13.1 Å². The summed E-state index contributed by atoms with van der Waals surface area (Å²) in [6.07, 6.45) is 1.75. The molecule has 0 spiro atoms. The zero-order valence-corrected chi connectivity index (χ0v) is 19.8. The number of anilines is 1. The van der Waals surface area contributed by atoms with E-state index in [0.29, 0.717) is 42.2 Å². The minimum Gasteiger partial charge on any atom is -0.494 e. The number of hydrogen-bond acceptors (Lipinski definition) is 5. The summed E-state index contributed by atoms with van der Waals surface area (Å²) < 4.78 is 11.6. The number of carbonyl (C=O) groups is 2. The fraction of sp³-hybridized carbons (Fsp3) is 0.407. The molecule has 2 heterocycles. The van der Waals surface area contributed by atoms with E-state index < -0.39 is 0 Å². The van der Waals surface area contributed by atoms with Crippen LogP contribution in [0.2, 0.25) is 0 Å². The number of ether oxygens (including phenoxy) is 2. The topological polar surface area (TPSA) is 59.1 Å². The summed E-state index contributed by atoms with van der Waals surface area (Å²) in [5.74, 6) is 0.167. The first-order chi connectivity index (χ1) is 15.9. The minimum atomic E-state index is -0.298. The Kier molecular flexibility index (Phi) is 6.84. The molecule has 0 radical (unpaired) electrons. The number of carbonyl (C=O) groups excluding carboxylic acids is 2. The third-order valence-electron chi connectivity index (χ3n) is 6.01. The summed E-state index contributed by atoms with van der Waals surface area (Å²) in [6, 6.07) is 15.1. The SMILES string of the molecule is CCCOc1ccc(C2=C(N3CC(C)OC(C)C3)C(=O)N(c3ccc(CC)cc3)C2=O)cc1. The van der Waals surface area contributed by atoms with Gasteiger partial charge in [-0.1, -0.05) is 38.1 Å². The minimum absolute atomic E-state index is 0.0342. The first-order valence-corrected chi connectivity index (χ1v) is 11.8. The molecule has 2 aliphatic heterocycles. The number of benzene rings is 2. The van der Waals surface area contributed by atoms with Gasteiger partial charge in [0.2, 0.25) is 0 Å². The predicted octanol–water partition coefficient (Wildman–Crippen LogP) is 4.43. The second-order valence-electron chi connectivity index (χ2n) is 8.72. The molecular formula is C27H32N2O4. The van der Waals surface area contributed by atoms with Gasteiger partial charge in [-0.25, -0.2) is 4.90 Å². The maximum absolute atomic E-state index is 13.7. The Morgan fingerprint density at radius 2 is 1.55 bits per heavy atom. The molecule has 0 aromatic heterocycles. The van der Waals surface area contributed by atoms with Crippen LogP contribution in [0.3, 0.4) is 0 Å². The molecule has 174 valence electrons. The fourth-order valence-electron chi connectivity index (χ4n) is 4.49. The van der Waals surface area contributed by atoms with E-state index in [-0.39, 0.29) is 24.0 Å². The number of imide groups is 1. The monoisotopic (exact) mass is 448 g/mol. The summed E-state index contributed by atoms with van der Waals surface area (Å²) in [4.78, 5) is 30.7. The molecule has 4 rings (SSSR count). The zero-order chi connectivity index (χ0) is 23.5. The lowest BCUT2D eigenvalue weighted by Crippen LogP contribution is -2.47. The number of nitrogens with zero attached hydrogens (tertiary/aromatic N) is 2. The zero-order valence-electron chi connectivity index (χ0n) is 19.8. The van der Waals surface area contributed by atoms with Crippen molar-refractivity contribution in [1.82, 2.24) is 4.90 Å². The number of hydrogen-bond donors (Lipinski definition) is 0. The van der Waals surface area contributed by atoms with Crippen LogP contribution in [0, 0.1) is 0 Å². The van der Waals surface area contributed by atoms with Crippen molar-refractivity contribution in [3.63, 3.8) is 0 Å². The Morgan fingerprint density at radius 1 is 0.909 bits per heavy atom. The molecule has 1 fully saturated rings. The van der Waals surface area contributed by atoms with Gasteiger partial charge in [-0.05, 0) is 62.1 Å². The highest BCUT2D eigenvalue weighted by molar-refractivity contribution is 6.45. The van der Waals surface area contributed by atoms with E-state index in [1.54, 1.807) is 0 Å². The van der Waals surface area contributed by atoms with E-state index in [4.69, 9.17) is 9.47 Å². The van der Waals surface area contributed by atoms with Gasteiger partial charge < -0.3 is 14.4 Å². The maximum Gasteiger partial charge on any atom is 0.282 e. The van der Waals surface area contributed by atoms with Crippen LogP contribution in [0.25, 0.3) is 5.57 Å². The highest BCUT2D eigenvalue weighted by Gasteiger charge is 2.43. The largest absolute Gasteiger partial charge is 0.494 e. The first kappa shape index (κ1) is 23.1. The van der Waals surface area contributed by atoms with Crippen LogP contribution >= 0.6 is 0 Å². The molecule has 1 saturated heterocycles. The van der Waals surface area contributed by atoms with E-state index in [0.717, 1.165) is 24.2 Å². The molecule has 6 nitrogen and oxygen atoms in total. The van der Waals surface area contributed by atoms with Crippen LogP contribution in [0.15, 0.2) is 54.2 Å². The quantitative estimate of drug-likeness (QED) is 0.587. The molecular weight excluding hydrogens is 416 g/mol. The smallest absolute Gasteiger partial charge is 0.282 e. The van der Waals surface area contributed by atoms with Crippen LogP contribution in [-0.2, 0) is 20.7 Å². The molecule has 33 heavy (non-hydrogen) atoms. The van der Waals surface area contributed by atoms with Gasteiger partial charge >= 0.3 is 0 Å². The maximum atomic E-state index is 13.7. The van der Waals surface area contributed by atoms with E-state index in [1.807, 2.05) is 67.3 Å². The summed E-state index contributed by atoms with van der Waals surface area (Å²) in [5, 5.41) is 0. The molecule has 6 heteroatoms. The fourth-order valence-corrected chi connectivity index (χ4v) is 4.49. The molecule has 0 aliphatic carbocycles. The van der Waals surface area contributed by atoms with Crippen LogP contribution in [0.5, 0.6) is 5.75 Å². The Labute approximate surface area is 195 Å². The van der Waals surface area contributed by atoms with Crippen LogP contribution < -0.4 is 9.64 Å². The third kappa shape index (κ3) is 4.67.